The summed E-state index contributed by atoms with van der Waals surface area (Å²) in [6.45, 7) is 10.8. The number of carbonyl (C=O) groups excluding carboxylic acids is 1. The molecule has 0 bridgehead atoms. The average Bonchev–Trinajstić information content (AvgIpc) is 2.39. The summed E-state index contributed by atoms with van der Waals surface area (Å²) in [5.41, 5.74) is 0.395. The highest BCUT2D eigenvalue weighted by Crippen LogP contribution is 1.91. The fourth-order valence-corrected chi connectivity index (χ4v) is 1.10. The van der Waals surface area contributed by atoms with Crippen LogP contribution in [0.1, 0.15) is 26.7 Å². The normalized spacial score (nSPS) is 10.4. The smallest absolute Gasteiger partial charge is 0.333 e. The van der Waals surface area contributed by atoms with Crippen molar-refractivity contribution in [1.82, 2.24) is 0 Å². The molecular weight excluding hydrogens is 248 g/mol. The van der Waals surface area contributed by atoms with E-state index >= 15 is 0 Å². The van der Waals surface area contributed by atoms with E-state index in [-0.39, 0.29) is 12.6 Å². The number of carbonyl (C=O) groups is 1. The molecule has 0 saturated carbocycles. The van der Waals surface area contributed by atoms with Crippen LogP contribution in [-0.4, -0.2) is 52.2 Å². The molecule has 0 aliphatic heterocycles. The molecule has 0 atom stereocenters. The lowest BCUT2D eigenvalue weighted by molar-refractivity contribution is -0.140. The first kappa shape index (κ1) is 18.1. The molecule has 0 rings (SSSR count). The van der Waals surface area contributed by atoms with E-state index in [9.17, 15) is 4.79 Å². The van der Waals surface area contributed by atoms with Crippen LogP contribution in [0.15, 0.2) is 12.2 Å². The Balaban J connectivity index is 3.07. The maximum absolute atomic E-state index is 11.0. The van der Waals surface area contributed by atoms with Crippen LogP contribution in [0.5, 0.6) is 0 Å². The van der Waals surface area contributed by atoms with Gasteiger partial charge in [-0.3, -0.25) is 0 Å². The molecule has 0 aliphatic carbocycles. The Morgan fingerprint density at radius 1 is 0.895 bits per heavy atom. The van der Waals surface area contributed by atoms with Gasteiger partial charge in [0.25, 0.3) is 0 Å². The van der Waals surface area contributed by atoms with Crippen molar-refractivity contribution in [3.63, 3.8) is 0 Å². The van der Waals surface area contributed by atoms with Crippen LogP contribution in [0.3, 0.4) is 0 Å². The minimum Gasteiger partial charge on any atom is -0.460 e. The first-order valence-electron chi connectivity index (χ1n) is 6.74. The van der Waals surface area contributed by atoms with E-state index in [0.29, 0.717) is 38.6 Å². The van der Waals surface area contributed by atoms with Crippen LogP contribution in [0.4, 0.5) is 0 Å². The Bertz CT molecular complexity index is 240. The number of hydrogen-bond acceptors (Lipinski definition) is 5. The molecule has 0 aliphatic rings. The second-order valence-corrected chi connectivity index (χ2v) is 4.11. The summed E-state index contributed by atoms with van der Waals surface area (Å²) in [5, 5.41) is 0. The Kier molecular flexibility index (Phi) is 12.9. The zero-order valence-corrected chi connectivity index (χ0v) is 12.1. The Hall–Kier alpha value is -0.910. The van der Waals surface area contributed by atoms with Gasteiger partial charge in [0, 0.05) is 12.2 Å². The Labute approximate surface area is 115 Å². The molecule has 0 unspecified atom stereocenters. The number of rotatable bonds is 13. The van der Waals surface area contributed by atoms with E-state index < -0.39 is 0 Å². The number of esters is 1. The summed E-state index contributed by atoms with van der Waals surface area (Å²) < 4.78 is 20.7. The first-order chi connectivity index (χ1) is 9.18. The SMILES string of the molecule is C=C(C)C(=O)OCCOCCOCCOCCCC. The molecular formula is C14H26O5. The van der Waals surface area contributed by atoms with E-state index in [0.717, 1.165) is 19.4 Å². The predicted molar refractivity (Wildman–Crippen MR) is 73.1 cm³/mol. The van der Waals surface area contributed by atoms with Gasteiger partial charge in [-0.05, 0) is 13.3 Å². The molecule has 0 heterocycles. The molecule has 0 fully saturated rings. The van der Waals surface area contributed by atoms with E-state index in [1.165, 1.54) is 0 Å². The van der Waals surface area contributed by atoms with Crippen LogP contribution < -0.4 is 0 Å². The van der Waals surface area contributed by atoms with Crippen LogP contribution in [0.2, 0.25) is 0 Å². The lowest BCUT2D eigenvalue weighted by Crippen LogP contribution is -2.14. The summed E-state index contributed by atoms with van der Waals surface area (Å²) in [6.07, 6.45) is 2.23. The van der Waals surface area contributed by atoms with E-state index in [4.69, 9.17) is 18.9 Å². The molecule has 19 heavy (non-hydrogen) atoms. The standard InChI is InChI=1S/C14H26O5/c1-4-5-6-16-7-8-17-9-10-18-11-12-19-14(15)13(2)3/h2,4-12H2,1,3H3. The third kappa shape index (κ3) is 13.3. The van der Waals surface area contributed by atoms with Gasteiger partial charge in [0.05, 0.1) is 33.0 Å². The minimum atomic E-state index is -0.385. The second-order valence-electron chi connectivity index (χ2n) is 4.11. The molecule has 0 amide bonds. The fraction of sp³-hybridized carbons (Fsp3) is 0.786. The fourth-order valence-electron chi connectivity index (χ4n) is 1.10. The summed E-state index contributed by atoms with van der Waals surface area (Å²) >= 11 is 0. The van der Waals surface area contributed by atoms with Gasteiger partial charge in [-0.15, -0.1) is 0 Å². The summed E-state index contributed by atoms with van der Waals surface area (Å²) in [5.74, 6) is -0.385. The summed E-state index contributed by atoms with van der Waals surface area (Å²) in [7, 11) is 0. The van der Waals surface area contributed by atoms with E-state index in [2.05, 4.69) is 13.5 Å². The predicted octanol–water partition coefficient (Wildman–Crippen LogP) is 1.96. The molecule has 0 N–H and O–H groups in total. The lowest BCUT2D eigenvalue weighted by atomic mass is 10.4. The Morgan fingerprint density at radius 3 is 1.84 bits per heavy atom. The van der Waals surface area contributed by atoms with Gasteiger partial charge in [0.15, 0.2) is 0 Å². The van der Waals surface area contributed by atoms with Gasteiger partial charge in [-0.1, -0.05) is 19.9 Å². The molecule has 0 aromatic carbocycles. The summed E-state index contributed by atoms with van der Waals surface area (Å²) in [4.78, 5) is 11.0. The van der Waals surface area contributed by atoms with Crippen LogP contribution in [0.25, 0.3) is 0 Å². The monoisotopic (exact) mass is 274 g/mol. The molecule has 5 heteroatoms. The van der Waals surface area contributed by atoms with Crippen molar-refractivity contribution in [3.8, 4) is 0 Å². The van der Waals surface area contributed by atoms with Crippen molar-refractivity contribution >= 4 is 5.97 Å². The first-order valence-corrected chi connectivity index (χ1v) is 6.74. The number of hydrogen-bond donors (Lipinski definition) is 0. The van der Waals surface area contributed by atoms with Gasteiger partial charge in [-0.2, -0.15) is 0 Å². The molecule has 0 spiro atoms. The second kappa shape index (κ2) is 13.5. The van der Waals surface area contributed by atoms with Crippen molar-refractivity contribution in [1.29, 1.82) is 0 Å². The van der Waals surface area contributed by atoms with Crippen molar-refractivity contribution in [2.24, 2.45) is 0 Å². The van der Waals surface area contributed by atoms with Crippen molar-refractivity contribution in [2.45, 2.75) is 26.7 Å². The largest absolute Gasteiger partial charge is 0.460 e. The maximum atomic E-state index is 11.0. The van der Waals surface area contributed by atoms with Crippen molar-refractivity contribution in [2.75, 3.05) is 46.2 Å². The highest BCUT2D eigenvalue weighted by atomic mass is 16.6. The van der Waals surface area contributed by atoms with Gasteiger partial charge in [-0.25, -0.2) is 4.79 Å². The zero-order valence-electron chi connectivity index (χ0n) is 12.1. The zero-order chi connectivity index (χ0) is 14.3. The van der Waals surface area contributed by atoms with E-state index in [1.54, 1.807) is 6.92 Å². The molecule has 0 saturated heterocycles. The van der Waals surface area contributed by atoms with Crippen molar-refractivity contribution < 1.29 is 23.7 Å². The van der Waals surface area contributed by atoms with Gasteiger partial charge < -0.3 is 18.9 Å². The average molecular weight is 274 g/mol. The van der Waals surface area contributed by atoms with Crippen LogP contribution >= 0.6 is 0 Å². The molecule has 5 nitrogen and oxygen atoms in total. The summed E-state index contributed by atoms with van der Waals surface area (Å²) in [6, 6.07) is 0. The minimum absolute atomic E-state index is 0.242. The van der Waals surface area contributed by atoms with Crippen LogP contribution in [-0.2, 0) is 23.7 Å². The third-order valence-electron chi connectivity index (χ3n) is 2.20. The molecule has 0 aromatic heterocycles. The van der Waals surface area contributed by atoms with Gasteiger partial charge in [0.1, 0.15) is 6.61 Å². The molecule has 112 valence electrons. The van der Waals surface area contributed by atoms with Gasteiger partial charge >= 0.3 is 5.97 Å². The van der Waals surface area contributed by atoms with Crippen LogP contribution in [0, 0.1) is 0 Å². The Morgan fingerprint density at radius 2 is 1.37 bits per heavy atom. The lowest BCUT2D eigenvalue weighted by Gasteiger charge is -2.07. The number of unbranched alkanes of at least 4 members (excludes halogenated alkanes) is 1. The topological polar surface area (TPSA) is 54.0 Å². The molecule has 0 radical (unpaired) electrons. The van der Waals surface area contributed by atoms with E-state index in [1.807, 2.05) is 0 Å². The maximum Gasteiger partial charge on any atom is 0.333 e. The number of ether oxygens (including phenoxy) is 4. The highest BCUT2D eigenvalue weighted by Gasteiger charge is 2.01. The van der Waals surface area contributed by atoms with Crippen molar-refractivity contribution in [3.05, 3.63) is 12.2 Å². The molecule has 0 aromatic rings. The highest BCUT2D eigenvalue weighted by molar-refractivity contribution is 5.86. The quantitative estimate of drug-likeness (QED) is 0.292. The van der Waals surface area contributed by atoms with Gasteiger partial charge in [0.2, 0.25) is 0 Å². The third-order valence-corrected chi connectivity index (χ3v) is 2.20.